The van der Waals surface area contributed by atoms with Gasteiger partial charge in [-0.2, -0.15) is 57.6 Å². The molecule has 0 saturated heterocycles. The third kappa shape index (κ3) is 19.7. The fourth-order valence-corrected chi connectivity index (χ4v) is 13.7. The van der Waals surface area contributed by atoms with Crippen molar-refractivity contribution in [2.75, 3.05) is 53.1 Å². The molecular formula is C52H52ClN13O20S7. The van der Waals surface area contributed by atoms with Gasteiger partial charge in [-0.15, -0.1) is 54.2 Å². The predicted molar refractivity (Wildman–Crippen MR) is 341 cm³/mol. The van der Waals surface area contributed by atoms with Gasteiger partial charge in [0.25, 0.3) is 50.6 Å². The maximum atomic E-state index is 12.8. The van der Waals surface area contributed by atoms with Crippen molar-refractivity contribution in [3.05, 3.63) is 88.4 Å². The van der Waals surface area contributed by atoms with E-state index in [0.717, 1.165) is 59.3 Å². The number of imidazole rings is 1. The minimum absolute atomic E-state index is 0.00370. The first-order valence-corrected chi connectivity index (χ1v) is 36.4. The van der Waals surface area contributed by atoms with Crippen LogP contribution in [-0.2, 0) is 60.2 Å². The Morgan fingerprint density at radius 3 is 1.63 bits per heavy atom. The fourth-order valence-electron chi connectivity index (χ4n) is 8.31. The van der Waals surface area contributed by atoms with Gasteiger partial charge in [0, 0.05) is 41.3 Å². The molecule has 2 heterocycles. The number of fused-ring (bicyclic) bond motifs is 3. The highest BCUT2D eigenvalue weighted by Gasteiger charge is 2.26. The van der Waals surface area contributed by atoms with Gasteiger partial charge in [0.1, 0.15) is 61.4 Å². The Bertz CT molecular complexity index is 4930. The average molecular weight is 1440 g/mol. The number of aromatic hydroxyl groups is 1. The minimum atomic E-state index is -4.84. The number of aryl methyl sites for hydroxylation is 1. The smallest absolute Gasteiger partial charge is 0.298 e. The van der Waals surface area contributed by atoms with Crippen molar-refractivity contribution >= 4 is 171 Å². The Balaban J connectivity index is 1.34. The molecule has 0 aliphatic heterocycles. The molecule has 494 valence electrons. The van der Waals surface area contributed by atoms with Crippen molar-refractivity contribution in [2.45, 2.75) is 66.5 Å². The van der Waals surface area contributed by atoms with Crippen LogP contribution in [0.4, 0.5) is 56.9 Å². The number of hydrogen-bond donors (Lipinski definition) is 8. The van der Waals surface area contributed by atoms with Crippen LogP contribution in [0.25, 0.3) is 16.7 Å². The third-order valence-corrected chi connectivity index (χ3v) is 19.3. The molecule has 7 aromatic rings. The van der Waals surface area contributed by atoms with Gasteiger partial charge in [-0.05, 0) is 105 Å². The highest BCUT2D eigenvalue weighted by molar-refractivity contribution is 7.99. The van der Waals surface area contributed by atoms with Crippen LogP contribution in [0.3, 0.4) is 0 Å². The summed E-state index contributed by atoms with van der Waals surface area (Å²) in [4.78, 5) is 28.9. The van der Waals surface area contributed by atoms with E-state index in [1.165, 1.54) is 63.2 Å². The van der Waals surface area contributed by atoms with Crippen LogP contribution in [0.15, 0.2) is 127 Å². The van der Waals surface area contributed by atoms with E-state index in [0.29, 0.717) is 5.56 Å². The number of azo groups is 4. The van der Waals surface area contributed by atoms with Gasteiger partial charge >= 0.3 is 0 Å². The van der Waals surface area contributed by atoms with Crippen LogP contribution >= 0.6 is 35.1 Å². The zero-order chi connectivity index (χ0) is 68.5. The number of amides is 2. The lowest BCUT2D eigenvalue weighted by molar-refractivity contribution is -0.115. The summed E-state index contributed by atoms with van der Waals surface area (Å²) in [5.74, 6) is -4.26. The zero-order valence-electron chi connectivity index (χ0n) is 48.8. The average Bonchev–Trinajstić information content (AvgIpc) is 1.60. The van der Waals surface area contributed by atoms with Gasteiger partial charge in [-0.1, -0.05) is 11.6 Å². The summed E-state index contributed by atoms with van der Waals surface area (Å²) in [6.45, 7) is 4.98. The summed E-state index contributed by atoms with van der Waals surface area (Å²) >= 11 is 7.99. The molecule has 2 aromatic heterocycles. The van der Waals surface area contributed by atoms with E-state index >= 15 is 0 Å². The molecule has 41 heteroatoms. The first kappa shape index (κ1) is 72.2. The largest absolute Gasteiger partial charge is 0.495 e. The van der Waals surface area contributed by atoms with Crippen molar-refractivity contribution in [3.63, 3.8) is 0 Å². The highest BCUT2D eigenvalue weighted by Crippen LogP contribution is 2.46. The summed E-state index contributed by atoms with van der Waals surface area (Å²) in [6.07, 6.45) is -0.424. The number of carbonyl (C=O) groups excluding carboxylic acids is 2. The molecule has 5 aromatic carbocycles. The SMILES string of the molecule is COc1cc2c(cc1S(=O)(=O)O)nc1c(C#N)c(C)c(N=Nc3cc(C)c(N=Nc4cc(NC(C)=O)c(N=Nc5cc(NC(C)=O)c(N=Nc6ccc(Cl)c(S(=O)(=O)O)c6)cc5SCCCS(=O)(=O)O)cc4SCCCS(=O)(=O)O)cc3OCCCS(=O)(=O)O)c(O)n12. The molecule has 0 saturated carbocycles. The van der Waals surface area contributed by atoms with E-state index in [2.05, 4.69) is 56.5 Å². The van der Waals surface area contributed by atoms with Crippen molar-refractivity contribution in [1.29, 1.82) is 5.26 Å². The number of halogens is 1. The van der Waals surface area contributed by atoms with E-state index < -0.39 is 95.3 Å². The van der Waals surface area contributed by atoms with Gasteiger partial charge in [0.15, 0.2) is 11.3 Å². The number of pyridine rings is 1. The van der Waals surface area contributed by atoms with Crippen molar-refractivity contribution in [3.8, 4) is 23.4 Å². The van der Waals surface area contributed by atoms with E-state index in [-0.39, 0.29) is 148 Å². The second kappa shape index (κ2) is 29.8. The fraction of sp³-hybridized carbons (Fsp3) is 0.269. The quantitative estimate of drug-likeness (QED) is 0.00977. The number of nitrogens with zero attached hydrogens (tertiary/aromatic N) is 11. The molecule has 33 nitrogen and oxygen atoms in total. The van der Waals surface area contributed by atoms with Crippen LogP contribution in [0.2, 0.25) is 5.02 Å². The number of thioether (sulfide) groups is 2. The number of nitriles is 1. The molecule has 0 fully saturated rings. The number of hydrogen-bond acceptors (Lipinski definition) is 27. The van der Waals surface area contributed by atoms with E-state index in [9.17, 15) is 84.8 Å². The Hall–Kier alpha value is -8.18. The maximum Gasteiger partial charge on any atom is 0.298 e. The van der Waals surface area contributed by atoms with Crippen LogP contribution in [0.1, 0.15) is 49.8 Å². The van der Waals surface area contributed by atoms with Crippen LogP contribution in [-0.4, -0.2) is 134 Å². The second-order valence-corrected chi connectivity index (χ2v) is 29.7. The normalized spacial score (nSPS) is 12.7. The predicted octanol–water partition coefficient (Wildman–Crippen LogP) is 11.8. The van der Waals surface area contributed by atoms with Gasteiger partial charge < -0.3 is 25.2 Å². The monoisotopic (exact) mass is 1440 g/mol. The Morgan fingerprint density at radius 1 is 0.624 bits per heavy atom. The number of aromatic nitrogens is 2. The molecule has 7 rings (SSSR count). The number of rotatable bonds is 28. The molecule has 93 heavy (non-hydrogen) atoms. The first-order chi connectivity index (χ1) is 43.4. The lowest BCUT2D eigenvalue weighted by Crippen LogP contribution is -2.08. The molecule has 0 aliphatic carbocycles. The topological polar surface area (TPSA) is 509 Å². The molecule has 0 radical (unpaired) electrons. The van der Waals surface area contributed by atoms with Gasteiger partial charge in [0.05, 0.1) is 69.8 Å². The lowest BCUT2D eigenvalue weighted by Gasteiger charge is -2.13. The van der Waals surface area contributed by atoms with Crippen LogP contribution in [0.5, 0.6) is 17.4 Å². The van der Waals surface area contributed by atoms with Crippen molar-refractivity contribution < 1.29 is 89.0 Å². The number of nitrogens with one attached hydrogen (secondary N) is 2. The molecule has 0 bridgehead atoms. The Labute approximate surface area is 543 Å². The summed E-state index contributed by atoms with van der Waals surface area (Å²) in [6, 6.07) is 15.6. The van der Waals surface area contributed by atoms with Gasteiger partial charge in [-0.3, -0.25) is 36.8 Å². The second-order valence-electron chi connectivity index (χ2n) is 19.5. The van der Waals surface area contributed by atoms with Crippen LogP contribution in [0, 0.1) is 25.2 Å². The molecule has 0 spiro atoms. The molecule has 8 N–H and O–H groups in total. The Kier molecular flexibility index (Phi) is 23.2. The standard InChI is InChI=1S/C52H52ClN13O20S7/c1-27-17-40(62-65-50-28(2)32(26-54)51-57-39-24-49(93(82,83)84)45(85-5)25-43(39)66(51)52(50)69)44(86-11-6-14-89(70,71)72)21-34(27)59-63-41-20-36(56-30(4)68)38(23-47(41)88-13-8-16-91(76,77)78)61-64-42-19-35(55-29(3)67)37(22-46(42)87-12-7-15-90(73,74)75)60-58-31-9-10-33(53)48(18-31)92(79,80)81/h9-10,17-25,69H,6-8,11-16H2,1-5H3,(H,55,67)(H,56,68)(H,70,71,72)(H,73,74,75)(H,76,77,78)(H,79,80,81)(H,82,83,84). The van der Waals surface area contributed by atoms with E-state index in [4.69, 9.17) is 21.1 Å². The minimum Gasteiger partial charge on any atom is -0.495 e. The summed E-state index contributed by atoms with van der Waals surface area (Å²) in [7, 11) is -21.8. The van der Waals surface area contributed by atoms with Crippen molar-refractivity contribution in [1.82, 2.24) is 9.38 Å². The number of benzene rings is 5. The zero-order valence-corrected chi connectivity index (χ0v) is 55.2. The number of carbonyl (C=O) groups is 2. The van der Waals surface area contributed by atoms with Gasteiger partial charge in [0.2, 0.25) is 17.7 Å². The summed E-state index contributed by atoms with van der Waals surface area (Å²) in [5.41, 5.74) is -0.517. The molecule has 2 amide bonds. The van der Waals surface area contributed by atoms with E-state index in [1.54, 1.807) is 6.92 Å². The van der Waals surface area contributed by atoms with E-state index in [1.807, 2.05) is 6.07 Å². The number of methoxy groups -OCH3 is 1. The molecule has 0 aliphatic rings. The Morgan fingerprint density at radius 2 is 1.13 bits per heavy atom. The van der Waals surface area contributed by atoms with Crippen molar-refractivity contribution in [2.24, 2.45) is 40.9 Å². The third-order valence-electron chi connectivity index (χ3n) is 12.4. The molecule has 0 atom stereocenters. The van der Waals surface area contributed by atoms with Crippen LogP contribution < -0.4 is 20.1 Å². The molecular weight excluding hydrogens is 1390 g/mol. The lowest BCUT2D eigenvalue weighted by atomic mass is 10.1. The summed E-state index contributed by atoms with van der Waals surface area (Å²) in [5, 5.41) is 61.6. The number of ether oxygens (including phenoxy) is 2. The molecule has 0 unspecified atom stereocenters. The number of anilines is 2. The maximum absolute atomic E-state index is 12.8. The highest BCUT2D eigenvalue weighted by atomic mass is 35.5. The first-order valence-electron chi connectivity index (χ1n) is 26.3. The summed E-state index contributed by atoms with van der Waals surface area (Å²) < 4.78 is 179. The van der Waals surface area contributed by atoms with Gasteiger partial charge in [-0.25, -0.2) is 4.98 Å².